The van der Waals surface area contributed by atoms with Crippen LogP contribution in [-0.2, 0) is 22.3 Å². The number of ether oxygens (including phenoxy) is 1. The van der Waals surface area contributed by atoms with Gasteiger partial charge in [0, 0.05) is 12.3 Å². The second-order valence-electron chi connectivity index (χ2n) is 5.41. The highest BCUT2D eigenvalue weighted by atomic mass is 32.1. The number of halogens is 3. The molecule has 2 aromatic rings. The highest BCUT2D eigenvalue weighted by Crippen LogP contribution is 2.42. The van der Waals surface area contributed by atoms with Crippen molar-refractivity contribution in [1.29, 1.82) is 0 Å². The zero-order valence-electron chi connectivity index (χ0n) is 13.4. The third-order valence-electron chi connectivity index (χ3n) is 3.33. The normalized spacial score (nSPS) is 13.5. The van der Waals surface area contributed by atoms with E-state index >= 15 is 0 Å². The lowest BCUT2D eigenvalue weighted by molar-refractivity contribution is -0.137. The van der Waals surface area contributed by atoms with E-state index in [0.29, 0.717) is 10.8 Å². The summed E-state index contributed by atoms with van der Waals surface area (Å²) in [5.41, 5.74) is -0.341. The van der Waals surface area contributed by atoms with E-state index < -0.39 is 17.6 Å². The first kappa shape index (κ1) is 18.0. The van der Waals surface area contributed by atoms with Gasteiger partial charge in [-0.15, -0.1) is 11.3 Å². The summed E-state index contributed by atoms with van der Waals surface area (Å²) in [6.07, 6.45) is -4.58. The molecule has 0 saturated carbocycles. The molecule has 0 aliphatic carbocycles. The number of alkyl halides is 3. The molecule has 26 heavy (non-hydrogen) atoms. The molecule has 1 aromatic heterocycles. The van der Waals surface area contributed by atoms with Crippen LogP contribution in [0.2, 0.25) is 0 Å². The van der Waals surface area contributed by atoms with Crippen molar-refractivity contribution in [1.82, 2.24) is 4.98 Å². The summed E-state index contributed by atoms with van der Waals surface area (Å²) >= 11 is 1.20. The molecule has 3 rings (SSSR count). The molecule has 0 radical (unpaired) electrons. The van der Waals surface area contributed by atoms with E-state index in [1.54, 1.807) is 5.38 Å². The van der Waals surface area contributed by atoms with E-state index in [-0.39, 0.29) is 36.2 Å². The predicted octanol–water partition coefficient (Wildman–Crippen LogP) is 3.06. The number of nitrogens with one attached hydrogen (secondary N) is 3. The van der Waals surface area contributed by atoms with E-state index in [4.69, 9.17) is 4.74 Å². The molecule has 1 aromatic carbocycles. The topological polar surface area (TPSA) is 92.3 Å². The molecule has 11 heteroatoms. The van der Waals surface area contributed by atoms with Gasteiger partial charge in [-0.1, -0.05) is 0 Å². The number of carbonyl (C=O) groups excluding carboxylic acids is 2. The molecule has 0 atom stereocenters. The molecule has 0 bridgehead atoms. The molecule has 2 heterocycles. The number of anilines is 3. The van der Waals surface area contributed by atoms with E-state index in [0.717, 1.165) is 12.1 Å². The number of thiazole rings is 1. The summed E-state index contributed by atoms with van der Waals surface area (Å²) in [4.78, 5) is 26.5. The van der Waals surface area contributed by atoms with Gasteiger partial charge in [0.2, 0.25) is 5.91 Å². The molecule has 1 aliphatic rings. The van der Waals surface area contributed by atoms with Gasteiger partial charge in [-0.25, -0.2) is 4.98 Å². The fraction of sp³-hybridized carbons (Fsp3) is 0.267. The molecule has 1 aliphatic heterocycles. The van der Waals surface area contributed by atoms with E-state index in [2.05, 4.69) is 20.9 Å². The maximum Gasteiger partial charge on any atom is 0.416 e. The Morgan fingerprint density at radius 3 is 2.88 bits per heavy atom. The van der Waals surface area contributed by atoms with Crippen LogP contribution in [0.25, 0.3) is 0 Å². The average Bonchev–Trinajstić information content (AvgIpc) is 2.97. The second kappa shape index (κ2) is 6.83. The van der Waals surface area contributed by atoms with Crippen LogP contribution >= 0.6 is 11.3 Å². The highest BCUT2D eigenvalue weighted by Gasteiger charge is 2.33. The average molecular weight is 386 g/mol. The van der Waals surface area contributed by atoms with Gasteiger partial charge in [0.25, 0.3) is 5.91 Å². The van der Waals surface area contributed by atoms with Crippen LogP contribution in [0.4, 0.5) is 29.7 Å². The summed E-state index contributed by atoms with van der Waals surface area (Å²) in [5, 5.41) is 9.80. The third-order valence-corrected chi connectivity index (χ3v) is 4.14. The lowest BCUT2D eigenvalue weighted by Crippen LogP contribution is -2.26. The van der Waals surface area contributed by atoms with Gasteiger partial charge in [0.1, 0.15) is 0 Å². The lowest BCUT2D eigenvalue weighted by Gasteiger charge is -2.23. The number of amides is 2. The van der Waals surface area contributed by atoms with Crippen LogP contribution in [0, 0.1) is 0 Å². The van der Waals surface area contributed by atoms with Crippen molar-refractivity contribution in [2.45, 2.75) is 19.6 Å². The summed E-state index contributed by atoms with van der Waals surface area (Å²) in [7, 11) is 0. The molecular weight excluding hydrogens is 373 g/mol. The standard InChI is InChI=1S/C15H13F3N4O3S/c1-7(23)20-14-21-9(6-26-14)4-19-10-2-8(15(16,17)18)3-11-13(10)25-5-12(24)22-11/h2-3,6,19H,4-5H2,1H3,(H,22,24)(H,20,21,23). The van der Waals surface area contributed by atoms with Crippen molar-refractivity contribution < 1.29 is 27.5 Å². The second-order valence-corrected chi connectivity index (χ2v) is 6.27. The molecule has 2 amide bonds. The number of hydrogen-bond acceptors (Lipinski definition) is 6. The predicted molar refractivity (Wildman–Crippen MR) is 89.3 cm³/mol. The summed E-state index contributed by atoms with van der Waals surface area (Å²) in [5.74, 6) is -0.660. The quantitative estimate of drug-likeness (QED) is 0.751. The summed E-state index contributed by atoms with van der Waals surface area (Å²) < 4.78 is 44.5. The van der Waals surface area contributed by atoms with Crippen LogP contribution in [0.3, 0.4) is 0 Å². The Labute approximate surface area is 149 Å². The molecule has 0 saturated heterocycles. The Morgan fingerprint density at radius 1 is 1.42 bits per heavy atom. The van der Waals surface area contributed by atoms with Crippen LogP contribution < -0.4 is 20.7 Å². The Balaban J connectivity index is 1.84. The highest BCUT2D eigenvalue weighted by molar-refractivity contribution is 7.13. The minimum absolute atomic E-state index is 0.0456. The van der Waals surface area contributed by atoms with E-state index in [1.165, 1.54) is 18.3 Å². The number of rotatable bonds is 4. The molecule has 7 nitrogen and oxygen atoms in total. The van der Waals surface area contributed by atoms with E-state index in [9.17, 15) is 22.8 Å². The zero-order chi connectivity index (χ0) is 18.9. The first-order valence-electron chi connectivity index (χ1n) is 7.36. The van der Waals surface area contributed by atoms with Crippen molar-refractivity contribution in [3.63, 3.8) is 0 Å². The maximum absolute atomic E-state index is 13.1. The van der Waals surface area contributed by atoms with Crippen LogP contribution in [0.1, 0.15) is 18.2 Å². The van der Waals surface area contributed by atoms with Crippen molar-refractivity contribution in [3.05, 3.63) is 28.8 Å². The van der Waals surface area contributed by atoms with Gasteiger partial charge in [0.15, 0.2) is 17.5 Å². The van der Waals surface area contributed by atoms with Gasteiger partial charge in [-0.3, -0.25) is 9.59 Å². The molecule has 0 unspecified atom stereocenters. The Bertz CT molecular complexity index is 866. The third kappa shape index (κ3) is 4.04. The summed E-state index contributed by atoms with van der Waals surface area (Å²) in [6, 6.07) is 1.74. The summed E-state index contributed by atoms with van der Waals surface area (Å²) in [6.45, 7) is 1.18. The van der Waals surface area contributed by atoms with Crippen LogP contribution in [-0.4, -0.2) is 23.4 Å². The van der Waals surface area contributed by atoms with Crippen molar-refractivity contribution in [3.8, 4) is 5.75 Å². The lowest BCUT2D eigenvalue weighted by atomic mass is 10.1. The van der Waals surface area contributed by atoms with E-state index in [1.807, 2.05) is 0 Å². The number of aromatic nitrogens is 1. The van der Waals surface area contributed by atoms with Crippen molar-refractivity contribution in [2.24, 2.45) is 0 Å². The first-order chi connectivity index (χ1) is 12.2. The first-order valence-corrected chi connectivity index (χ1v) is 8.24. The van der Waals surface area contributed by atoms with Crippen LogP contribution in [0.15, 0.2) is 17.5 Å². The van der Waals surface area contributed by atoms with Crippen LogP contribution in [0.5, 0.6) is 5.75 Å². The Kier molecular flexibility index (Phi) is 4.72. The minimum atomic E-state index is -4.58. The molecule has 3 N–H and O–H groups in total. The molecule has 138 valence electrons. The SMILES string of the molecule is CC(=O)Nc1nc(CNc2cc(C(F)(F)F)cc3c2OCC(=O)N3)cs1. The van der Waals surface area contributed by atoms with Gasteiger partial charge in [-0.2, -0.15) is 13.2 Å². The van der Waals surface area contributed by atoms with Gasteiger partial charge in [-0.05, 0) is 12.1 Å². The Morgan fingerprint density at radius 2 is 2.19 bits per heavy atom. The van der Waals surface area contributed by atoms with Gasteiger partial charge >= 0.3 is 6.18 Å². The largest absolute Gasteiger partial charge is 0.479 e. The number of nitrogens with zero attached hydrogens (tertiary/aromatic N) is 1. The van der Waals surface area contributed by atoms with Gasteiger partial charge in [0.05, 0.1) is 29.2 Å². The molecular formula is C15H13F3N4O3S. The van der Waals surface area contributed by atoms with Crippen molar-refractivity contribution >= 4 is 39.7 Å². The maximum atomic E-state index is 13.1. The number of carbonyl (C=O) groups is 2. The fourth-order valence-electron chi connectivity index (χ4n) is 2.28. The number of benzene rings is 1. The zero-order valence-corrected chi connectivity index (χ0v) is 14.2. The molecule has 0 fully saturated rings. The smallest absolute Gasteiger partial charge is 0.416 e. The fourth-order valence-corrected chi connectivity index (χ4v) is 3.03. The van der Waals surface area contributed by atoms with Gasteiger partial charge < -0.3 is 20.7 Å². The minimum Gasteiger partial charge on any atom is -0.479 e. The Hall–Kier alpha value is -2.82. The van der Waals surface area contributed by atoms with Crippen molar-refractivity contribution in [2.75, 3.05) is 22.6 Å². The monoisotopic (exact) mass is 386 g/mol. The number of hydrogen-bond donors (Lipinski definition) is 3. The molecule has 0 spiro atoms. The number of fused-ring (bicyclic) bond motifs is 1.